The Kier molecular flexibility index (Phi) is 6.05. The van der Waals surface area contributed by atoms with Crippen molar-refractivity contribution in [1.82, 2.24) is 4.90 Å². The highest BCUT2D eigenvalue weighted by atomic mass is 79.9. The molecule has 1 unspecified atom stereocenters. The monoisotopic (exact) mass is 372 g/mol. The predicted octanol–water partition coefficient (Wildman–Crippen LogP) is 4.69. The van der Waals surface area contributed by atoms with Gasteiger partial charge in [-0.05, 0) is 51.6 Å². The van der Waals surface area contributed by atoms with Crippen molar-refractivity contribution in [2.45, 2.75) is 19.5 Å². The number of hydrogen-bond donors (Lipinski definition) is 1. The number of nitrogens with zero attached hydrogens (tertiary/aromatic N) is 1. The number of halogens is 2. The molecule has 20 heavy (non-hydrogen) atoms. The summed E-state index contributed by atoms with van der Waals surface area (Å²) in [4.78, 5) is 3.74. The van der Waals surface area contributed by atoms with Crippen LogP contribution in [-0.4, -0.2) is 18.0 Å². The SMILES string of the molecule is CCN(Cc1cccs1)C(CN)c1ccc(Br)c(Cl)c1. The third-order valence-corrected chi connectivity index (χ3v) is 5.43. The van der Waals surface area contributed by atoms with Gasteiger partial charge in [0.25, 0.3) is 0 Å². The van der Waals surface area contributed by atoms with Gasteiger partial charge in [0.1, 0.15) is 0 Å². The summed E-state index contributed by atoms with van der Waals surface area (Å²) in [6.45, 7) is 4.62. The summed E-state index contributed by atoms with van der Waals surface area (Å²) in [6, 6.07) is 10.5. The zero-order valence-electron chi connectivity index (χ0n) is 11.4. The first-order valence-corrected chi connectivity index (χ1v) is 8.62. The fraction of sp³-hybridized carbons (Fsp3) is 0.333. The maximum Gasteiger partial charge on any atom is 0.0551 e. The summed E-state index contributed by atoms with van der Waals surface area (Å²) < 4.78 is 0.917. The summed E-state index contributed by atoms with van der Waals surface area (Å²) in [6.07, 6.45) is 0. The Hall–Kier alpha value is -0.390. The zero-order chi connectivity index (χ0) is 14.5. The Bertz CT molecular complexity index is 545. The molecule has 1 aromatic carbocycles. The van der Waals surface area contributed by atoms with E-state index in [2.05, 4.69) is 51.3 Å². The molecule has 108 valence electrons. The second kappa shape index (κ2) is 7.57. The maximum atomic E-state index is 6.20. The lowest BCUT2D eigenvalue weighted by molar-refractivity contribution is 0.205. The number of thiophene rings is 1. The van der Waals surface area contributed by atoms with Crippen molar-refractivity contribution in [3.8, 4) is 0 Å². The molecule has 0 aliphatic rings. The number of nitrogens with two attached hydrogens (primary N) is 1. The molecule has 2 N–H and O–H groups in total. The Morgan fingerprint density at radius 3 is 2.75 bits per heavy atom. The molecule has 0 spiro atoms. The lowest BCUT2D eigenvalue weighted by atomic mass is 10.1. The maximum absolute atomic E-state index is 6.20. The molecular formula is C15H18BrClN2S. The number of likely N-dealkylation sites (N-methyl/N-ethyl adjacent to an activating group) is 1. The Morgan fingerprint density at radius 1 is 1.40 bits per heavy atom. The average molecular weight is 374 g/mol. The molecule has 1 heterocycles. The van der Waals surface area contributed by atoms with Crippen LogP contribution in [0.1, 0.15) is 23.4 Å². The number of hydrogen-bond acceptors (Lipinski definition) is 3. The highest BCUT2D eigenvalue weighted by Gasteiger charge is 2.19. The van der Waals surface area contributed by atoms with Crippen LogP contribution in [0.2, 0.25) is 5.02 Å². The fourth-order valence-corrected chi connectivity index (χ4v) is 3.43. The Balaban J connectivity index is 2.21. The quantitative estimate of drug-likeness (QED) is 0.796. The molecule has 2 aromatic rings. The Morgan fingerprint density at radius 2 is 2.20 bits per heavy atom. The van der Waals surface area contributed by atoms with Gasteiger partial charge in [-0.3, -0.25) is 4.90 Å². The summed E-state index contributed by atoms with van der Waals surface area (Å²) >= 11 is 11.4. The number of rotatable bonds is 6. The normalized spacial score (nSPS) is 12.8. The molecule has 0 aliphatic heterocycles. The minimum atomic E-state index is 0.188. The zero-order valence-corrected chi connectivity index (χ0v) is 14.5. The highest BCUT2D eigenvalue weighted by molar-refractivity contribution is 9.10. The van der Waals surface area contributed by atoms with E-state index < -0.39 is 0 Å². The first-order chi connectivity index (χ1) is 9.65. The van der Waals surface area contributed by atoms with Crippen molar-refractivity contribution in [3.63, 3.8) is 0 Å². The second-order valence-corrected chi connectivity index (χ2v) is 6.86. The Labute approximate surface area is 137 Å². The van der Waals surface area contributed by atoms with Gasteiger partial charge in [-0.2, -0.15) is 0 Å². The largest absolute Gasteiger partial charge is 0.329 e. The van der Waals surface area contributed by atoms with Crippen molar-refractivity contribution in [3.05, 3.63) is 55.6 Å². The van der Waals surface area contributed by atoms with Gasteiger partial charge in [0.15, 0.2) is 0 Å². The lowest BCUT2D eigenvalue weighted by Gasteiger charge is -2.30. The van der Waals surface area contributed by atoms with Crippen LogP contribution in [0, 0.1) is 0 Å². The van der Waals surface area contributed by atoms with E-state index in [0.717, 1.165) is 22.6 Å². The molecule has 0 fully saturated rings. The van der Waals surface area contributed by atoms with Gasteiger partial charge in [-0.25, -0.2) is 0 Å². The van der Waals surface area contributed by atoms with Crippen LogP contribution in [0.5, 0.6) is 0 Å². The van der Waals surface area contributed by atoms with E-state index >= 15 is 0 Å². The lowest BCUT2D eigenvalue weighted by Crippen LogP contribution is -2.33. The minimum Gasteiger partial charge on any atom is -0.329 e. The van der Waals surface area contributed by atoms with Crippen LogP contribution in [0.25, 0.3) is 0 Å². The summed E-state index contributed by atoms with van der Waals surface area (Å²) in [5, 5.41) is 2.84. The minimum absolute atomic E-state index is 0.188. The third kappa shape index (κ3) is 3.83. The van der Waals surface area contributed by atoms with Crippen molar-refractivity contribution >= 4 is 38.9 Å². The molecule has 0 aliphatic carbocycles. The van der Waals surface area contributed by atoms with Gasteiger partial charge in [0.2, 0.25) is 0 Å². The molecule has 1 aromatic heterocycles. The molecule has 0 radical (unpaired) electrons. The van der Waals surface area contributed by atoms with Crippen LogP contribution in [0.4, 0.5) is 0 Å². The number of benzene rings is 1. The van der Waals surface area contributed by atoms with Crippen LogP contribution in [0.3, 0.4) is 0 Å². The topological polar surface area (TPSA) is 29.3 Å². The summed E-state index contributed by atoms with van der Waals surface area (Å²) in [5.74, 6) is 0. The fourth-order valence-electron chi connectivity index (χ4n) is 2.26. The average Bonchev–Trinajstić information content (AvgIpc) is 2.95. The molecule has 0 bridgehead atoms. The molecule has 0 saturated carbocycles. The van der Waals surface area contributed by atoms with E-state index in [1.54, 1.807) is 11.3 Å². The predicted molar refractivity (Wildman–Crippen MR) is 91.4 cm³/mol. The van der Waals surface area contributed by atoms with Crippen molar-refractivity contribution in [2.24, 2.45) is 5.73 Å². The third-order valence-electron chi connectivity index (χ3n) is 3.34. The summed E-state index contributed by atoms with van der Waals surface area (Å²) in [5.41, 5.74) is 7.17. The van der Waals surface area contributed by atoms with Gasteiger partial charge in [-0.1, -0.05) is 30.7 Å². The first-order valence-electron chi connectivity index (χ1n) is 6.57. The van der Waals surface area contributed by atoms with Gasteiger partial charge in [0, 0.05) is 28.5 Å². The van der Waals surface area contributed by atoms with E-state index in [4.69, 9.17) is 17.3 Å². The van der Waals surface area contributed by atoms with Crippen LogP contribution < -0.4 is 5.73 Å². The van der Waals surface area contributed by atoms with E-state index in [0.29, 0.717) is 6.54 Å². The van der Waals surface area contributed by atoms with Gasteiger partial charge in [0.05, 0.1) is 5.02 Å². The van der Waals surface area contributed by atoms with Gasteiger partial charge >= 0.3 is 0 Å². The molecule has 5 heteroatoms. The molecule has 2 nitrogen and oxygen atoms in total. The second-order valence-electron chi connectivity index (χ2n) is 4.57. The molecule has 2 rings (SSSR count). The van der Waals surface area contributed by atoms with E-state index in [-0.39, 0.29) is 6.04 Å². The van der Waals surface area contributed by atoms with Crippen LogP contribution in [-0.2, 0) is 6.54 Å². The van der Waals surface area contributed by atoms with Crippen LogP contribution in [0.15, 0.2) is 40.2 Å². The van der Waals surface area contributed by atoms with Crippen molar-refractivity contribution in [1.29, 1.82) is 0 Å². The van der Waals surface area contributed by atoms with Crippen molar-refractivity contribution < 1.29 is 0 Å². The standard InChI is InChI=1S/C15H18BrClN2S/c1-2-19(10-12-4-3-7-20-12)15(9-18)11-5-6-13(16)14(17)8-11/h3-8,15H,2,9-10,18H2,1H3. The first kappa shape index (κ1) is 16.0. The smallest absolute Gasteiger partial charge is 0.0551 e. The summed E-state index contributed by atoms with van der Waals surface area (Å²) in [7, 11) is 0. The van der Waals surface area contributed by atoms with Gasteiger partial charge in [-0.15, -0.1) is 11.3 Å². The highest BCUT2D eigenvalue weighted by Crippen LogP contribution is 2.29. The van der Waals surface area contributed by atoms with Crippen LogP contribution >= 0.6 is 38.9 Å². The van der Waals surface area contributed by atoms with Crippen molar-refractivity contribution in [2.75, 3.05) is 13.1 Å². The van der Waals surface area contributed by atoms with Gasteiger partial charge < -0.3 is 5.73 Å². The molecule has 0 saturated heterocycles. The molecule has 0 amide bonds. The van der Waals surface area contributed by atoms with E-state index in [9.17, 15) is 0 Å². The molecular weight excluding hydrogens is 356 g/mol. The van der Waals surface area contributed by atoms with E-state index in [1.807, 2.05) is 12.1 Å². The van der Waals surface area contributed by atoms with E-state index in [1.165, 1.54) is 10.4 Å². The molecule has 1 atom stereocenters.